The highest BCUT2D eigenvalue weighted by Crippen LogP contribution is 2.35. The van der Waals surface area contributed by atoms with Crippen molar-refractivity contribution in [2.75, 3.05) is 6.61 Å². The van der Waals surface area contributed by atoms with Crippen LogP contribution in [0.1, 0.15) is 63.9 Å². The van der Waals surface area contributed by atoms with E-state index in [1.54, 1.807) is 0 Å². The van der Waals surface area contributed by atoms with Crippen LogP contribution in [0.5, 0.6) is 5.75 Å². The molecule has 0 atom stereocenters. The van der Waals surface area contributed by atoms with Crippen LogP contribution in [0, 0.1) is 6.92 Å². The first kappa shape index (κ1) is 23.4. The van der Waals surface area contributed by atoms with E-state index < -0.39 is 0 Å². The number of hydrogen-bond donors (Lipinski definition) is 0. The Labute approximate surface area is 202 Å². The molecule has 0 spiro atoms. The van der Waals surface area contributed by atoms with Gasteiger partial charge in [0.15, 0.2) is 0 Å². The number of aromatic nitrogens is 2. The summed E-state index contributed by atoms with van der Waals surface area (Å²) in [5.41, 5.74) is 7.75. The molecule has 0 aliphatic carbocycles. The molecule has 4 heteroatoms. The minimum atomic E-state index is 0.791. The third kappa shape index (κ3) is 6.20. The first-order valence-electron chi connectivity index (χ1n) is 12.3. The van der Waals surface area contributed by atoms with Crippen molar-refractivity contribution in [3.8, 4) is 28.0 Å². The van der Waals surface area contributed by atoms with Gasteiger partial charge in [-0.3, -0.25) is 0 Å². The van der Waals surface area contributed by atoms with Crippen molar-refractivity contribution in [3.05, 3.63) is 66.2 Å². The maximum atomic E-state index is 5.98. The molecule has 0 amide bonds. The predicted molar refractivity (Wildman–Crippen MR) is 141 cm³/mol. The molecule has 1 heterocycles. The van der Waals surface area contributed by atoms with Crippen molar-refractivity contribution in [1.29, 1.82) is 0 Å². The molecular formula is C29H34N2OS. The summed E-state index contributed by atoms with van der Waals surface area (Å²) < 4.78 is 15.2. The van der Waals surface area contributed by atoms with E-state index in [1.165, 1.54) is 67.8 Å². The molecule has 0 aliphatic rings. The van der Waals surface area contributed by atoms with Gasteiger partial charge in [0.25, 0.3) is 0 Å². The van der Waals surface area contributed by atoms with Gasteiger partial charge >= 0.3 is 0 Å². The molecule has 0 saturated heterocycles. The summed E-state index contributed by atoms with van der Waals surface area (Å²) in [4.78, 5) is 0. The van der Waals surface area contributed by atoms with Crippen LogP contribution in [0.15, 0.2) is 60.7 Å². The number of benzene rings is 3. The second kappa shape index (κ2) is 11.9. The predicted octanol–water partition coefficient (Wildman–Crippen LogP) is 8.85. The van der Waals surface area contributed by atoms with Crippen LogP contribution in [0.25, 0.3) is 33.3 Å². The van der Waals surface area contributed by atoms with Crippen LogP contribution < -0.4 is 4.74 Å². The highest BCUT2D eigenvalue weighted by Gasteiger charge is 2.13. The minimum Gasteiger partial charge on any atom is -0.494 e. The van der Waals surface area contributed by atoms with Crippen LogP contribution >= 0.6 is 11.7 Å². The topological polar surface area (TPSA) is 35.0 Å². The van der Waals surface area contributed by atoms with Gasteiger partial charge in [0.1, 0.15) is 16.8 Å². The Morgan fingerprint density at radius 2 is 1.15 bits per heavy atom. The normalized spacial score (nSPS) is 11.2. The zero-order valence-electron chi connectivity index (χ0n) is 19.8. The number of nitrogens with zero attached hydrogens (tertiary/aromatic N) is 2. The molecule has 4 rings (SSSR count). The van der Waals surface area contributed by atoms with Crippen molar-refractivity contribution < 1.29 is 4.74 Å². The number of ether oxygens (including phenoxy) is 1. The van der Waals surface area contributed by atoms with Crippen LogP contribution in [0.3, 0.4) is 0 Å². The second-order valence-electron chi connectivity index (χ2n) is 8.84. The van der Waals surface area contributed by atoms with Gasteiger partial charge in [0.2, 0.25) is 0 Å². The molecule has 0 aliphatic heterocycles. The highest BCUT2D eigenvalue weighted by atomic mass is 32.1. The number of unbranched alkanes of at least 4 members (excludes halogenated alkanes) is 7. The molecule has 0 N–H and O–H groups in total. The van der Waals surface area contributed by atoms with Crippen molar-refractivity contribution >= 4 is 22.8 Å². The van der Waals surface area contributed by atoms with E-state index in [9.17, 15) is 0 Å². The molecule has 172 valence electrons. The van der Waals surface area contributed by atoms with E-state index >= 15 is 0 Å². The Bertz CT molecular complexity index is 1130. The molecule has 0 fully saturated rings. The number of fused-ring (bicyclic) bond motifs is 1. The fourth-order valence-corrected chi connectivity index (χ4v) is 4.80. The van der Waals surface area contributed by atoms with Gasteiger partial charge in [-0.15, -0.1) is 0 Å². The Morgan fingerprint density at radius 1 is 0.636 bits per heavy atom. The van der Waals surface area contributed by atoms with Gasteiger partial charge in [0.05, 0.1) is 18.3 Å². The van der Waals surface area contributed by atoms with Gasteiger partial charge in [0, 0.05) is 11.1 Å². The minimum absolute atomic E-state index is 0.791. The Balaban J connectivity index is 1.35. The van der Waals surface area contributed by atoms with Gasteiger partial charge in [-0.1, -0.05) is 106 Å². The van der Waals surface area contributed by atoms with Crippen LogP contribution in [-0.4, -0.2) is 15.4 Å². The largest absolute Gasteiger partial charge is 0.494 e. The van der Waals surface area contributed by atoms with Gasteiger partial charge in [-0.2, -0.15) is 8.75 Å². The van der Waals surface area contributed by atoms with Crippen molar-refractivity contribution in [1.82, 2.24) is 8.75 Å². The third-order valence-corrected chi connectivity index (χ3v) is 6.74. The molecule has 4 aromatic rings. The molecule has 1 aromatic heterocycles. The standard InChI is InChI=1S/C29H34N2OS/c1-3-4-5-6-7-8-9-10-21-32-25-17-15-24(16-18-25)27-20-19-26(28-29(27)31-33-30-28)23-13-11-22(2)12-14-23/h11-20H,3-10,21H2,1-2H3. The molecule has 0 radical (unpaired) electrons. The van der Waals surface area contributed by atoms with E-state index in [0.29, 0.717) is 0 Å². The van der Waals surface area contributed by atoms with Crippen LogP contribution in [-0.2, 0) is 0 Å². The number of aryl methyl sites for hydroxylation is 1. The summed E-state index contributed by atoms with van der Waals surface area (Å²) >= 11 is 1.27. The second-order valence-corrected chi connectivity index (χ2v) is 9.36. The summed E-state index contributed by atoms with van der Waals surface area (Å²) in [6, 6.07) is 21.3. The molecule has 3 nitrogen and oxygen atoms in total. The smallest absolute Gasteiger partial charge is 0.119 e. The molecule has 3 aromatic carbocycles. The zero-order chi connectivity index (χ0) is 22.9. The number of rotatable bonds is 12. The summed E-state index contributed by atoms with van der Waals surface area (Å²) in [5, 5.41) is 0. The van der Waals surface area contributed by atoms with E-state index in [1.807, 2.05) is 0 Å². The lowest BCUT2D eigenvalue weighted by Gasteiger charge is -2.09. The zero-order valence-corrected chi connectivity index (χ0v) is 20.7. The monoisotopic (exact) mass is 458 g/mol. The third-order valence-electron chi connectivity index (χ3n) is 6.21. The summed E-state index contributed by atoms with van der Waals surface area (Å²) in [6.07, 6.45) is 10.5. The quantitative estimate of drug-likeness (QED) is 0.199. The fourth-order valence-electron chi connectivity index (χ4n) is 4.22. The Hall–Kier alpha value is -2.72. The molecule has 0 saturated carbocycles. The highest BCUT2D eigenvalue weighted by molar-refractivity contribution is 7.00. The molecular weight excluding hydrogens is 424 g/mol. The molecule has 0 unspecified atom stereocenters. The van der Waals surface area contributed by atoms with Crippen LogP contribution in [0.2, 0.25) is 0 Å². The maximum absolute atomic E-state index is 5.98. The Kier molecular flexibility index (Phi) is 8.48. The summed E-state index contributed by atoms with van der Waals surface area (Å²) in [6.45, 7) is 5.17. The first-order chi connectivity index (χ1) is 16.3. The average molecular weight is 459 g/mol. The Morgan fingerprint density at radius 3 is 1.73 bits per heavy atom. The summed E-state index contributed by atoms with van der Waals surface area (Å²) in [7, 11) is 0. The summed E-state index contributed by atoms with van der Waals surface area (Å²) in [5.74, 6) is 0.936. The van der Waals surface area contributed by atoms with Crippen molar-refractivity contribution in [2.45, 2.75) is 65.2 Å². The number of hydrogen-bond acceptors (Lipinski definition) is 4. The lowest BCUT2D eigenvalue weighted by atomic mass is 9.97. The van der Waals surface area contributed by atoms with Crippen molar-refractivity contribution in [2.24, 2.45) is 0 Å². The lowest BCUT2D eigenvalue weighted by molar-refractivity contribution is 0.304. The molecule has 0 bridgehead atoms. The van der Waals surface area contributed by atoms with Crippen molar-refractivity contribution in [3.63, 3.8) is 0 Å². The maximum Gasteiger partial charge on any atom is 0.119 e. The SMILES string of the molecule is CCCCCCCCCCOc1ccc(-c2ccc(-c3ccc(C)cc3)c3nsnc23)cc1. The van der Waals surface area contributed by atoms with E-state index in [4.69, 9.17) is 4.74 Å². The van der Waals surface area contributed by atoms with Gasteiger partial charge in [-0.25, -0.2) is 0 Å². The fraction of sp³-hybridized carbons (Fsp3) is 0.379. The molecule has 33 heavy (non-hydrogen) atoms. The average Bonchev–Trinajstić information content (AvgIpc) is 3.34. The first-order valence-corrected chi connectivity index (χ1v) is 13.0. The van der Waals surface area contributed by atoms with Crippen LogP contribution in [0.4, 0.5) is 0 Å². The van der Waals surface area contributed by atoms with E-state index in [2.05, 4.69) is 83.3 Å². The lowest BCUT2D eigenvalue weighted by Crippen LogP contribution is -1.97. The van der Waals surface area contributed by atoms with E-state index in [0.717, 1.165) is 46.5 Å². The van der Waals surface area contributed by atoms with Gasteiger partial charge < -0.3 is 4.74 Å². The van der Waals surface area contributed by atoms with E-state index in [-0.39, 0.29) is 0 Å². The van der Waals surface area contributed by atoms with Gasteiger partial charge in [-0.05, 0) is 36.6 Å².